The van der Waals surface area contributed by atoms with Gasteiger partial charge in [0, 0.05) is 16.1 Å². The molecule has 0 spiro atoms. The number of carbonyl (C=O) groups is 1. The Morgan fingerprint density at radius 3 is 2.68 bits per heavy atom. The molecule has 0 aromatic heterocycles. The zero-order valence-corrected chi connectivity index (χ0v) is 13.0. The smallest absolute Gasteiger partial charge is 0.246 e. The number of aryl methyl sites for hydroxylation is 2. The van der Waals surface area contributed by atoms with Crippen LogP contribution >= 0.6 is 11.6 Å². The van der Waals surface area contributed by atoms with Crippen LogP contribution in [0.25, 0.3) is 0 Å². The molecule has 1 aliphatic rings. The molecule has 3 nitrogen and oxygen atoms in total. The first-order valence-corrected chi connectivity index (χ1v) is 7.25. The van der Waals surface area contributed by atoms with Gasteiger partial charge in [0.25, 0.3) is 0 Å². The number of benzodiazepines with no additional fused rings is 1. The first-order chi connectivity index (χ1) is 10.5. The number of amides is 1. The van der Waals surface area contributed by atoms with E-state index in [1.807, 2.05) is 32.0 Å². The summed E-state index contributed by atoms with van der Waals surface area (Å²) in [6.45, 7) is 3.97. The van der Waals surface area contributed by atoms with Crippen LogP contribution in [-0.4, -0.2) is 18.2 Å². The van der Waals surface area contributed by atoms with Gasteiger partial charge in [-0.3, -0.25) is 9.79 Å². The molecule has 3 rings (SSSR count). The van der Waals surface area contributed by atoms with Gasteiger partial charge in [-0.15, -0.1) is 0 Å². The van der Waals surface area contributed by atoms with Crippen LogP contribution < -0.4 is 5.32 Å². The minimum absolute atomic E-state index is 0.0476. The summed E-state index contributed by atoms with van der Waals surface area (Å²) in [7, 11) is 0. The Bertz CT molecular complexity index is 815. The summed E-state index contributed by atoms with van der Waals surface area (Å²) in [4.78, 5) is 16.1. The maximum absolute atomic E-state index is 14.2. The van der Waals surface area contributed by atoms with E-state index in [0.29, 0.717) is 11.3 Å². The van der Waals surface area contributed by atoms with Gasteiger partial charge >= 0.3 is 0 Å². The van der Waals surface area contributed by atoms with Gasteiger partial charge in [-0.1, -0.05) is 23.7 Å². The third-order valence-electron chi connectivity index (χ3n) is 3.74. The number of carbonyl (C=O) groups excluding carboxylic acids is 1. The number of nitrogens with zero attached hydrogens (tertiary/aromatic N) is 1. The van der Waals surface area contributed by atoms with Gasteiger partial charge in [-0.2, -0.15) is 0 Å². The number of aliphatic imine (C=N–C) groups is 1. The first kappa shape index (κ1) is 14.7. The van der Waals surface area contributed by atoms with Crippen LogP contribution in [0.4, 0.5) is 10.1 Å². The van der Waals surface area contributed by atoms with Crippen LogP contribution in [0.2, 0.25) is 5.02 Å². The van der Waals surface area contributed by atoms with Gasteiger partial charge in [0.1, 0.15) is 12.4 Å². The highest BCUT2D eigenvalue weighted by molar-refractivity contribution is 6.32. The molecule has 0 saturated heterocycles. The zero-order chi connectivity index (χ0) is 15.9. The molecule has 0 unspecified atom stereocenters. The van der Waals surface area contributed by atoms with E-state index in [1.54, 1.807) is 6.07 Å². The van der Waals surface area contributed by atoms with Crippen LogP contribution in [0.3, 0.4) is 0 Å². The third kappa shape index (κ3) is 2.62. The minimum atomic E-state index is -0.561. The molecule has 2 aromatic carbocycles. The van der Waals surface area contributed by atoms with Gasteiger partial charge in [0.15, 0.2) is 0 Å². The van der Waals surface area contributed by atoms with E-state index < -0.39 is 5.82 Å². The summed E-state index contributed by atoms with van der Waals surface area (Å²) >= 11 is 5.97. The molecular formula is C17H14ClFN2O. The molecule has 22 heavy (non-hydrogen) atoms. The van der Waals surface area contributed by atoms with Gasteiger partial charge in [0.05, 0.1) is 11.4 Å². The summed E-state index contributed by atoms with van der Waals surface area (Å²) in [6, 6.07) is 8.68. The highest BCUT2D eigenvalue weighted by Crippen LogP contribution is 2.29. The van der Waals surface area contributed by atoms with E-state index in [0.717, 1.165) is 16.7 Å². The van der Waals surface area contributed by atoms with Crippen molar-refractivity contribution in [3.8, 4) is 0 Å². The Kier molecular flexibility index (Phi) is 3.71. The van der Waals surface area contributed by atoms with Gasteiger partial charge in [0.2, 0.25) is 5.91 Å². The first-order valence-electron chi connectivity index (χ1n) is 6.87. The summed E-state index contributed by atoms with van der Waals surface area (Å²) in [6.07, 6.45) is 0. The van der Waals surface area contributed by atoms with Crippen LogP contribution in [0.1, 0.15) is 22.3 Å². The highest BCUT2D eigenvalue weighted by atomic mass is 35.5. The van der Waals surface area contributed by atoms with Crippen molar-refractivity contribution in [3.63, 3.8) is 0 Å². The van der Waals surface area contributed by atoms with Crippen LogP contribution in [0.5, 0.6) is 0 Å². The number of anilines is 1. The number of hydrogen-bond acceptors (Lipinski definition) is 2. The molecule has 1 heterocycles. The predicted octanol–water partition coefficient (Wildman–Crippen LogP) is 3.89. The Morgan fingerprint density at radius 2 is 1.95 bits per heavy atom. The van der Waals surface area contributed by atoms with Crippen molar-refractivity contribution in [3.05, 3.63) is 63.4 Å². The third-order valence-corrected chi connectivity index (χ3v) is 3.95. The fraction of sp³-hybridized carbons (Fsp3) is 0.176. The predicted molar refractivity (Wildman–Crippen MR) is 86.5 cm³/mol. The average Bonchev–Trinajstić information content (AvgIpc) is 2.61. The number of nitrogens with one attached hydrogen (secondary N) is 1. The Hall–Kier alpha value is -2.20. The Labute approximate surface area is 132 Å². The molecule has 112 valence electrons. The van der Waals surface area contributed by atoms with Crippen molar-refractivity contribution >= 4 is 28.9 Å². The molecule has 1 amide bonds. The lowest BCUT2D eigenvalue weighted by molar-refractivity contribution is -0.114. The van der Waals surface area contributed by atoms with E-state index in [2.05, 4.69) is 10.3 Å². The molecular weight excluding hydrogens is 303 g/mol. The number of fused-ring (bicyclic) bond motifs is 1. The lowest BCUT2D eigenvalue weighted by Gasteiger charge is -2.12. The van der Waals surface area contributed by atoms with Crippen molar-refractivity contribution in [1.29, 1.82) is 0 Å². The molecule has 0 saturated carbocycles. The van der Waals surface area contributed by atoms with Crippen molar-refractivity contribution in [2.45, 2.75) is 13.8 Å². The summed E-state index contributed by atoms with van der Waals surface area (Å²) in [5, 5.41) is 2.82. The van der Waals surface area contributed by atoms with Crippen LogP contribution in [-0.2, 0) is 4.79 Å². The maximum Gasteiger partial charge on any atom is 0.246 e. The molecule has 0 aliphatic carbocycles. The summed E-state index contributed by atoms with van der Waals surface area (Å²) in [5.41, 5.74) is 4.29. The molecule has 1 N–H and O–H groups in total. The van der Waals surface area contributed by atoms with E-state index in [4.69, 9.17) is 11.6 Å². The quantitative estimate of drug-likeness (QED) is 0.852. The second kappa shape index (κ2) is 5.54. The molecule has 1 aliphatic heterocycles. The van der Waals surface area contributed by atoms with Gasteiger partial charge in [-0.25, -0.2) is 4.39 Å². The normalized spacial score (nSPS) is 14.0. The van der Waals surface area contributed by atoms with Crippen LogP contribution in [0.15, 0.2) is 35.3 Å². The van der Waals surface area contributed by atoms with Crippen molar-refractivity contribution in [2.75, 3.05) is 11.9 Å². The number of rotatable bonds is 1. The van der Waals surface area contributed by atoms with Crippen molar-refractivity contribution in [2.24, 2.45) is 4.99 Å². The average molecular weight is 317 g/mol. The molecule has 0 atom stereocenters. The lowest BCUT2D eigenvalue weighted by atomic mass is 9.97. The Morgan fingerprint density at radius 1 is 1.18 bits per heavy atom. The zero-order valence-electron chi connectivity index (χ0n) is 12.2. The fourth-order valence-corrected chi connectivity index (χ4v) is 2.64. The van der Waals surface area contributed by atoms with E-state index in [9.17, 15) is 9.18 Å². The molecule has 0 radical (unpaired) electrons. The van der Waals surface area contributed by atoms with Crippen molar-refractivity contribution < 1.29 is 9.18 Å². The number of hydrogen-bond donors (Lipinski definition) is 1. The summed E-state index contributed by atoms with van der Waals surface area (Å²) < 4.78 is 14.2. The maximum atomic E-state index is 14.2. The van der Waals surface area contributed by atoms with Gasteiger partial charge < -0.3 is 5.32 Å². The standard InChI is InChI=1S/C17H14ClFN2O/c1-9-3-4-11(5-10(9)2)16-13-6-12(18)7-14(19)17(13)21-15(22)8-20-16/h3-7H,8H2,1-2H3,(H,21,22). The van der Waals surface area contributed by atoms with E-state index >= 15 is 0 Å². The topological polar surface area (TPSA) is 41.5 Å². The molecule has 0 fully saturated rings. The number of benzene rings is 2. The van der Waals surface area contributed by atoms with Gasteiger partial charge in [-0.05, 0) is 43.2 Å². The SMILES string of the molecule is Cc1ccc(C2=NCC(=O)Nc3c(F)cc(Cl)cc32)cc1C. The number of halogens is 2. The second-order valence-electron chi connectivity index (χ2n) is 5.32. The molecule has 2 aromatic rings. The largest absolute Gasteiger partial charge is 0.321 e. The van der Waals surface area contributed by atoms with Crippen LogP contribution in [0, 0.1) is 19.7 Å². The fourth-order valence-electron chi connectivity index (χ4n) is 2.44. The highest BCUT2D eigenvalue weighted by Gasteiger charge is 2.22. The van der Waals surface area contributed by atoms with E-state index in [1.165, 1.54) is 6.07 Å². The summed E-state index contributed by atoms with van der Waals surface area (Å²) in [5.74, 6) is -0.907. The molecule has 0 bridgehead atoms. The lowest BCUT2D eigenvalue weighted by Crippen LogP contribution is -2.14. The van der Waals surface area contributed by atoms with Crippen molar-refractivity contribution in [1.82, 2.24) is 0 Å². The molecule has 5 heteroatoms. The monoisotopic (exact) mass is 316 g/mol. The second-order valence-corrected chi connectivity index (χ2v) is 5.76. The Balaban J connectivity index is 2.24. The minimum Gasteiger partial charge on any atom is -0.321 e. The van der Waals surface area contributed by atoms with E-state index in [-0.39, 0.29) is 23.2 Å².